The molecule has 0 radical (unpaired) electrons. The van der Waals surface area contributed by atoms with E-state index in [9.17, 15) is 0 Å². The molecule has 11 heavy (non-hydrogen) atoms. The Hall–Kier alpha value is 0. The summed E-state index contributed by atoms with van der Waals surface area (Å²) in [4.78, 5) is 0. The number of hydrogen-bond acceptors (Lipinski definition) is 0. The fraction of sp³-hybridized carbons (Fsp3) is 1.00. The second-order valence-corrected chi connectivity index (χ2v) is 5.22. The van der Waals surface area contributed by atoms with E-state index in [-0.39, 0.29) is 0 Å². The van der Waals surface area contributed by atoms with E-state index in [0.29, 0.717) is 5.41 Å². The highest BCUT2D eigenvalue weighted by Crippen LogP contribution is 2.57. The van der Waals surface area contributed by atoms with Crippen molar-refractivity contribution in [3.05, 3.63) is 0 Å². The van der Waals surface area contributed by atoms with Gasteiger partial charge in [-0.1, -0.05) is 41.5 Å². The monoisotopic (exact) mass is 154 g/mol. The maximum atomic E-state index is 2.41. The van der Waals surface area contributed by atoms with Crippen LogP contribution in [0.25, 0.3) is 0 Å². The number of hydrogen-bond donors (Lipinski definition) is 0. The van der Waals surface area contributed by atoms with Gasteiger partial charge in [-0.2, -0.15) is 0 Å². The maximum Gasteiger partial charge on any atom is -0.0297 e. The van der Waals surface area contributed by atoms with Gasteiger partial charge in [0, 0.05) is 0 Å². The first kappa shape index (κ1) is 9.09. The molecule has 1 aliphatic rings. The first-order chi connectivity index (χ1) is 4.89. The third kappa shape index (κ3) is 1.11. The Bertz CT molecular complexity index is 132. The Balaban J connectivity index is 2.64. The van der Waals surface area contributed by atoms with Crippen LogP contribution in [0.2, 0.25) is 0 Å². The highest BCUT2D eigenvalue weighted by atomic mass is 14.6. The summed E-state index contributed by atoms with van der Waals surface area (Å²) in [6.45, 7) is 14.3. The molecule has 66 valence electrons. The maximum absolute atomic E-state index is 2.41. The molecule has 2 atom stereocenters. The summed E-state index contributed by atoms with van der Waals surface area (Å²) in [5.41, 5.74) is 0.592. The van der Waals surface area contributed by atoms with Gasteiger partial charge in [0.2, 0.25) is 0 Å². The van der Waals surface area contributed by atoms with Gasteiger partial charge in [-0.05, 0) is 29.1 Å². The summed E-state index contributed by atoms with van der Waals surface area (Å²) < 4.78 is 0. The second-order valence-electron chi connectivity index (χ2n) is 5.22. The molecule has 0 heteroatoms. The minimum Gasteiger partial charge on any atom is -0.0625 e. The Morgan fingerprint density at radius 3 is 1.55 bits per heavy atom. The molecule has 0 nitrogen and oxygen atoms in total. The van der Waals surface area contributed by atoms with Gasteiger partial charge in [0.25, 0.3) is 0 Å². The summed E-state index contributed by atoms with van der Waals surface area (Å²) in [5.74, 6) is 3.66. The van der Waals surface area contributed by atoms with Crippen molar-refractivity contribution in [1.82, 2.24) is 0 Å². The van der Waals surface area contributed by atoms with Crippen molar-refractivity contribution < 1.29 is 0 Å². The molecule has 0 aromatic heterocycles. The van der Waals surface area contributed by atoms with E-state index in [2.05, 4.69) is 41.5 Å². The van der Waals surface area contributed by atoms with Crippen molar-refractivity contribution in [2.45, 2.75) is 41.5 Å². The summed E-state index contributed by atoms with van der Waals surface area (Å²) >= 11 is 0. The van der Waals surface area contributed by atoms with Crippen molar-refractivity contribution >= 4 is 0 Å². The normalized spacial score (nSPS) is 42.3. The first-order valence-corrected chi connectivity index (χ1v) is 4.89. The van der Waals surface area contributed by atoms with Gasteiger partial charge in [-0.15, -0.1) is 0 Å². The molecule has 0 spiro atoms. The van der Waals surface area contributed by atoms with Crippen LogP contribution in [0.5, 0.6) is 0 Å². The molecule has 0 saturated heterocycles. The van der Waals surface area contributed by atoms with Crippen LogP contribution >= 0.6 is 0 Å². The van der Waals surface area contributed by atoms with E-state index >= 15 is 0 Å². The van der Waals surface area contributed by atoms with Crippen LogP contribution in [0.15, 0.2) is 0 Å². The fourth-order valence-corrected chi connectivity index (χ4v) is 2.88. The van der Waals surface area contributed by atoms with E-state index < -0.39 is 0 Å². The van der Waals surface area contributed by atoms with Crippen LogP contribution in [0.3, 0.4) is 0 Å². The standard InChI is InChI=1S/C11H22/c1-7(2)10-8(3)11(5,6)9(10)4/h7-10H,1-6H3. The fourth-order valence-electron chi connectivity index (χ4n) is 2.88. The van der Waals surface area contributed by atoms with Gasteiger partial charge in [0.15, 0.2) is 0 Å². The lowest BCUT2D eigenvalue weighted by molar-refractivity contribution is -0.0991. The Morgan fingerprint density at radius 2 is 1.36 bits per heavy atom. The smallest absolute Gasteiger partial charge is 0.0297 e. The Kier molecular flexibility index (Phi) is 2.07. The molecule has 1 rings (SSSR count). The van der Waals surface area contributed by atoms with Crippen molar-refractivity contribution in [3.63, 3.8) is 0 Å². The van der Waals surface area contributed by atoms with Gasteiger partial charge < -0.3 is 0 Å². The van der Waals surface area contributed by atoms with Crippen LogP contribution in [-0.4, -0.2) is 0 Å². The van der Waals surface area contributed by atoms with Crippen LogP contribution in [0.4, 0.5) is 0 Å². The number of rotatable bonds is 1. The van der Waals surface area contributed by atoms with Gasteiger partial charge >= 0.3 is 0 Å². The molecule has 0 amide bonds. The van der Waals surface area contributed by atoms with Crippen LogP contribution in [0.1, 0.15) is 41.5 Å². The molecule has 1 fully saturated rings. The average molecular weight is 154 g/mol. The Labute approximate surface area is 71.4 Å². The van der Waals surface area contributed by atoms with E-state index in [1.54, 1.807) is 0 Å². The quantitative estimate of drug-likeness (QED) is 0.541. The first-order valence-electron chi connectivity index (χ1n) is 4.89. The summed E-state index contributed by atoms with van der Waals surface area (Å²) in [6, 6.07) is 0. The SMILES string of the molecule is CC(C)C1C(C)C(C)(C)C1C. The third-order valence-corrected chi connectivity index (χ3v) is 4.27. The van der Waals surface area contributed by atoms with E-state index in [1.165, 1.54) is 0 Å². The van der Waals surface area contributed by atoms with Crippen molar-refractivity contribution in [3.8, 4) is 0 Å². The molecule has 1 saturated carbocycles. The lowest BCUT2D eigenvalue weighted by Crippen LogP contribution is -2.52. The minimum atomic E-state index is 0.592. The van der Waals surface area contributed by atoms with Crippen LogP contribution < -0.4 is 0 Å². The van der Waals surface area contributed by atoms with E-state index in [1.807, 2.05) is 0 Å². The summed E-state index contributed by atoms with van der Waals surface area (Å²) in [6.07, 6.45) is 0. The molecule has 0 aromatic carbocycles. The van der Waals surface area contributed by atoms with Crippen LogP contribution in [-0.2, 0) is 0 Å². The van der Waals surface area contributed by atoms with Crippen molar-refractivity contribution in [1.29, 1.82) is 0 Å². The molecule has 0 aliphatic heterocycles. The largest absolute Gasteiger partial charge is 0.0625 e. The summed E-state index contributed by atoms with van der Waals surface area (Å²) in [5, 5.41) is 0. The lowest BCUT2D eigenvalue weighted by Gasteiger charge is -2.58. The van der Waals surface area contributed by atoms with Gasteiger partial charge in [0.1, 0.15) is 0 Å². The van der Waals surface area contributed by atoms with Gasteiger partial charge in [0.05, 0.1) is 0 Å². The van der Waals surface area contributed by atoms with Gasteiger partial charge in [-0.25, -0.2) is 0 Å². The highest BCUT2D eigenvalue weighted by Gasteiger charge is 2.51. The lowest BCUT2D eigenvalue weighted by atomic mass is 9.47. The molecular formula is C11H22. The average Bonchev–Trinajstić information content (AvgIpc) is 1.87. The zero-order valence-corrected chi connectivity index (χ0v) is 8.81. The highest BCUT2D eigenvalue weighted by molar-refractivity contribution is 4.99. The van der Waals surface area contributed by atoms with E-state index in [0.717, 1.165) is 23.7 Å². The van der Waals surface area contributed by atoms with E-state index in [4.69, 9.17) is 0 Å². The topological polar surface area (TPSA) is 0 Å². The molecule has 0 bridgehead atoms. The predicted octanol–water partition coefficient (Wildman–Crippen LogP) is 3.57. The van der Waals surface area contributed by atoms with Gasteiger partial charge in [-0.3, -0.25) is 0 Å². The molecule has 2 unspecified atom stereocenters. The molecule has 0 N–H and O–H groups in total. The van der Waals surface area contributed by atoms with Crippen LogP contribution in [0, 0.1) is 29.1 Å². The molecule has 0 aromatic rings. The second kappa shape index (κ2) is 2.50. The van der Waals surface area contributed by atoms with Crippen molar-refractivity contribution in [2.75, 3.05) is 0 Å². The third-order valence-electron chi connectivity index (χ3n) is 4.27. The zero-order chi connectivity index (χ0) is 8.81. The molecular weight excluding hydrogens is 132 g/mol. The van der Waals surface area contributed by atoms with Crippen molar-refractivity contribution in [2.24, 2.45) is 29.1 Å². The predicted molar refractivity (Wildman–Crippen MR) is 50.4 cm³/mol. The molecule has 1 aliphatic carbocycles. The Morgan fingerprint density at radius 1 is 1.00 bits per heavy atom. The molecule has 0 heterocycles. The zero-order valence-electron chi connectivity index (χ0n) is 8.81. The minimum absolute atomic E-state index is 0.592. The summed E-state index contributed by atoms with van der Waals surface area (Å²) in [7, 11) is 0.